The summed E-state index contributed by atoms with van der Waals surface area (Å²) in [5.74, 6) is 0. The van der Waals surface area contributed by atoms with E-state index in [1.165, 1.54) is 0 Å². The Morgan fingerprint density at radius 1 is 0.867 bits per heavy atom. The van der Waals surface area contributed by atoms with E-state index in [1.807, 2.05) is 6.92 Å². The second kappa shape index (κ2) is 12.0. The van der Waals surface area contributed by atoms with E-state index in [2.05, 4.69) is 13.8 Å². The predicted octanol–water partition coefficient (Wildman–Crippen LogP) is 2.98. The normalized spacial score (nSPS) is 13.0. The molecule has 0 rings (SSSR count). The molecule has 0 aromatic heterocycles. The molecule has 0 N–H and O–H groups in total. The van der Waals surface area contributed by atoms with Crippen LogP contribution in [0.25, 0.3) is 0 Å². The van der Waals surface area contributed by atoms with Crippen molar-refractivity contribution in [1.29, 1.82) is 0 Å². The van der Waals surface area contributed by atoms with Gasteiger partial charge < -0.3 is 14.2 Å². The highest BCUT2D eigenvalue weighted by atomic mass is 16.7. The number of rotatable bonds is 11. The number of unbranched alkanes of at least 4 members (excludes halogenated alkanes) is 2. The zero-order chi connectivity index (χ0) is 11.4. The lowest BCUT2D eigenvalue weighted by Crippen LogP contribution is -2.24. The first kappa shape index (κ1) is 14.9. The van der Waals surface area contributed by atoms with Crippen LogP contribution in [0.2, 0.25) is 0 Å². The van der Waals surface area contributed by atoms with Crippen molar-refractivity contribution in [2.24, 2.45) is 0 Å². The van der Waals surface area contributed by atoms with Gasteiger partial charge >= 0.3 is 0 Å². The lowest BCUT2D eigenvalue weighted by atomic mass is 10.4. The third kappa shape index (κ3) is 10.2. The highest BCUT2D eigenvalue weighted by Gasteiger charge is 2.07. The third-order valence-corrected chi connectivity index (χ3v) is 2.05. The summed E-state index contributed by atoms with van der Waals surface area (Å²) in [6.45, 7) is 9.07. The highest BCUT2D eigenvalue weighted by molar-refractivity contribution is 4.43. The molecule has 3 nitrogen and oxygen atoms in total. The fraction of sp³-hybridized carbons (Fsp3) is 1.00. The van der Waals surface area contributed by atoms with Gasteiger partial charge in [0, 0.05) is 19.8 Å². The molecule has 0 fully saturated rings. The molecule has 1 unspecified atom stereocenters. The fourth-order valence-corrected chi connectivity index (χ4v) is 1.12. The minimum Gasteiger partial charge on any atom is -0.376 e. The Hall–Kier alpha value is -0.120. The van der Waals surface area contributed by atoms with Crippen molar-refractivity contribution in [2.75, 3.05) is 26.4 Å². The number of ether oxygens (including phenoxy) is 3. The van der Waals surface area contributed by atoms with E-state index in [9.17, 15) is 0 Å². The van der Waals surface area contributed by atoms with Crippen molar-refractivity contribution in [3.05, 3.63) is 0 Å². The predicted molar refractivity (Wildman–Crippen MR) is 62.0 cm³/mol. The van der Waals surface area contributed by atoms with Gasteiger partial charge in [-0.2, -0.15) is 0 Å². The summed E-state index contributed by atoms with van der Waals surface area (Å²) in [7, 11) is 0. The van der Waals surface area contributed by atoms with Gasteiger partial charge in [-0.05, 0) is 19.8 Å². The molecule has 0 bridgehead atoms. The van der Waals surface area contributed by atoms with Gasteiger partial charge in [-0.25, -0.2) is 0 Å². The molecular formula is C12H26O3. The summed E-state index contributed by atoms with van der Waals surface area (Å²) < 4.78 is 16.4. The molecule has 0 heterocycles. The van der Waals surface area contributed by atoms with Crippen LogP contribution in [0.5, 0.6) is 0 Å². The molecule has 92 valence electrons. The van der Waals surface area contributed by atoms with Gasteiger partial charge in [-0.1, -0.05) is 26.7 Å². The lowest BCUT2D eigenvalue weighted by molar-refractivity contribution is -0.170. The van der Waals surface area contributed by atoms with Crippen LogP contribution >= 0.6 is 0 Å². The van der Waals surface area contributed by atoms with Crippen molar-refractivity contribution in [1.82, 2.24) is 0 Å². The largest absolute Gasteiger partial charge is 0.376 e. The maximum atomic E-state index is 5.56. The van der Waals surface area contributed by atoms with Crippen LogP contribution < -0.4 is 0 Å². The van der Waals surface area contributed by atoms with Crippen LogP contribution in [0.3, 0.4) is 0 Å². The van der Waals surface area contributed by atoms with E-state index >= 15 is 0 Å². The first-order valence-electron chi connectivity index (χ1n) is 6.16. The topological polar surface area (TPSA) is 27.7 Å². The molecule has 0 saturated carbocycles. The molecule has 0 aromatic rings. The Kier molecular flexibility index (Phi) is 11.9. The molecule has 0 aliphatic heterocycles. The first-order valence-corrected chi connectivity index (χ1v) is 6.16. The second-order valence-corrected chi connectivity index (χ2v) is 3.54. The van der Waals surface area contributed by atoms with E-state index in [0.717, 1.165) is 38.9 Å². The summed E-state index contributed by atoms with van der Waals surface area (Å²) in [4.78, 5) is 0. The Bertz CT molecular complexity index is 117. The monoisotopic (exact) mass is 218 g/mol. The molecule has 0 spiro atoms. The molecule has 0 radical (unpaired) electrons. The zero-order valence-electron chi connectivity index (χ0n) is 10.5. The van der Waals surface area contributed by atoms with Crippen LogP contribution in [-0.2, 0) is 14.2 Å². The molecule has 0 aromatic carbocycles. The van der Waals surface area contributed by atoms with Gasteiger partial charge in [-0.3, -0.25) is 0 Å². The van der Waals surface area contributed by atoms with Crippen LogP contribution in [0.4, 0.5) is 0 Å². The minimum atomic E-state index is -0.182. The minimum absolute atomic E-state index is 0.182. The molecule has 0 saturated heterocycles. The van der Waals surface area contributed by atoms with Gasteiger partial charge in [0.15, 0.2) is 6.29 Å². The van der Waals surface area contributed by atoms with E-state index in [4.69, 9.17) is 14.2 Å². The summed E-state index contributed by atoms with van der Waals surface area (Å²) in [5.41, 5.74) is 0. The van der Waals surface area contributed by atoms with E-state index in [0.29, 0.717) is 13.2 Å². The Morgan fingerprint density at radius 2 is 1.53 bits per heavy atom. The average Bonchev–Trinajstić information content (AvgIpc) is 2.24. The molecule has 1 atom stereocenters. The van der Waals surface area contributed by atoms with Crippen LogP contribution in [0.1, 0.15) is 46.5 Å². The maximum absolute atomic E-state index is 5.56. The summed E-state index contributed by atoms with van der Waals surface area (Å²) in [6, 6.07) is 0. The quantitative estimate of drug-likeness (QED) is 0.394. The fourth-order valence-electron chi connectivity index (χ4n) is 1.12. The van der Waals surface area contributed by atoms with Gasteiger partial charge in [0.2, 0.25) is 0 Å². The molecular weight excluding hydrogens is 192 g/mol. The van der Waals surface area contributed by atoms with E-state index in [-0.39, 0.29) is 6.29 Å². The van der Waals surface area contributed by atoms with Crippen molar-refractivity contribution in [3.8, 4) is 0 Å². The first-order chi connectivity index (χ1) is 7.35. The van der Waals surface area contributed by atoms with Crippen LogP contribution in [0, 0.1) is 0 Å². The lowest BCUT2D eigenvalue weighted by Gasteiger charge is -2.17. The molecule has 0 aliphatic rings. The molecule has 0 aliphatic carbocycles. The summed E-state index contributed by atoms with van der Waals surface area (Å²) in [5, 5.41) is 0. The Labute approximate surface area is 94.1 Å². The Morgan fingerprint density at radius 3 is 2.13 bits per heavy atom. The SMILES string of the molecule is CCCCOCC(OCC)OCCCC. The summed E-state index contributed by atoms with van der Waals surface area (Å²) >= 11 is 0. The van der Waals surface area contributed by atoms with Crippen molar-refractivity contribution >= 4 is 0 Å². The number of hydrogen-bond donors (Lipinski definition) is 0. The van der Waals surface area contributed by atoms with Gasteiger partial charge in [0.25, 0.3) is 0 Å². The van der Waals surface area contributed by atoms with Crippen molar-refractivity contribution in [3.63, 3.8) is 0 Å². The number of hydrogen-bond acceptors (Lipinski definition) is 3. The van der Waals surface area contributed by atoms with E-state index in [1.54, 1.807) is 0 Å². The van der Waals surface area contributed by atoms with Crippen LogP contribution in [0.15, 0.2) is 0 Å². The van der Waals surface area contributed by atoms with Gasteiger partial charge in [0.1, 0.15) is 0 Å². The van der Waals surface area contributed by atoms with Crippen LogP contribution in [-0.4, -0.2) is 32.7 Å². The zero-order valence-corrected chi connectivity index (χ0v) is 10.5. The Balaban J connectivity index is 3.44. The second-order valence-electron chi connectivity index (χ2n) is 3.54. The van der Waals surface area contributed by atoms with Crippen molar-refractivity contribution in [2.45, 2.75) is 52.7 Å². The van der Waals surface area contributed by atoms with Crippen molar-refractivity contribution < 1.29 is 14.2 Å². The highest BCUT2D eigenvalue weighted by Crippen LogP contribution is 2.00. The maximum Gasteiger partial charge on any atom is 0.180 e. The summed E-state index contributed by atoms with van der Waals surface area (Å²) in [6.07, 6.45) is 4.32. The third-order valence-electron chi connectivity index (χ3n) is 2.05. The molecule has 0 amide bonds. The molecule has 3 heteroatoms. The van der Waals surface area contributed by atoms with Gasteiger partial charge in [0.05, 0.1) is 6.61 Å². The van der Waals surface area contributed by atoms with Gasteiger partial charge in [-0.15, -0.1) is 0 Å². The van der Waals surface area contributed by atoms with E-state index < -0.39 is 0 Å². The molecule has 15 heavy (non-hydrogen) atoms. The standard InChI is InChI=1S/C12H26O3/c1-4-7-9-13-11-12(14-6-3)15-10-8-5-2/h12H,4-11H2,1-3H3. The average molecular weight is 218 g/mol. The smallest absolute Gasteiger partial charge is 0.180 e.